The van der Waals surface area contributed by atoms with Gasteiger partial charge in [-0.3, -0.25) is 14.3 Å². The van der Waals surface area contributed by atoms with Gasteiger partial charge in [-0.05, 0) is 31.2 Å². The van der Waals surface area contributed by atoms with Crippen LogP contribution in [0.3, 0.4) is 0 Å². The number of ether oxygens (including phenoxy) is 2. The zero-order valence-corrected chi connectivity index (χ0v) is 19.9. The smallest absolute Gasteiger partial charge is 0.243 e. The Balaban J connectivity index is 1.79. The van der Waals surface area contributed by atoms with Gasteiger partial charge in [0.25, 0.3) is 0 Å². The second-order valence-electron chi connectivity index (χ2n) is 7.41. The molecule has 11 nitrogen and oxygen atoms in total. The van der Waals surface area contributed by atoms with Crippen LogP contribution in [-0.2, 0) is 16.4 Å². The van der Waals surface area contributed by atoms with Gasteiger partial charge in [0.1, 0.15) is 23.0 Å². The standard InChI is InChI=1S/C22H22FN7O4S/c1-14(10-19-25-12-16(23)13-26-19)35(31,32)29-22-28-27-21(15-6-5-9-24-11-15)30(22)20-17(33-2)7-4-8-18(20)34-3/h4-9,11-14H,10H2,1-3H3,(H,28,29). The molecule has 0 bridgehead atoms. The fourth-order valence-electron chi connectivity index (χ4n) is 3.34. The number of anilines is 1. The first-order valence-electron chi connectivity index (χ1n) is 10.4. The number of pyridine rings is 1. The molecule has 182 valence electrons. The number of halogens is 1. The van der Waals surface area contributed by atoms with Gasteiger partial charge in [-0.2, -0.15) is 0 Å². The molecule has 0 aliphatic carbocycles. The van der Waals surface area contributed by atoms with Gasteiger partial charge in [-0.25, -0.2) is 22.8 Å². The molecule has 4 rings (SSSR count). The molecule has 0 aliphatic heterocycles. The highest BCUT2D eigenvalue weighted by atomic mass is 32.2. The number of nitrogens with zero attached hydrogens (tertiary/aromatic N) is 6. The molecule has 0 saturated carbocycles. The molecule has 0 aliphatic rings. The van der Waals surface area contributed by atoms with Crippen molar-refractivity contribution >= 4 is 16.0 Å². The fraction of sp³-hybridized carbons (Fsp3) is 0.227. The lowest BCUT2D eigenvalue weighted by Gasteiger charge is -2.19. The fourth-order valence-corrected chi connectivity index (χ4v) is 4.29. The van der Waals surface area contributed by atoms with E-state index < -0.39 is 21.1 Å². The quantitative estimate of drug-likeness (QED) is 0.369. The third-order valence-corrected chi connectivity index (χ3v) is 6.81. The van der Waals surface area contributed by atoms with Crippen molar-refractivity contribution in [3.05, 3.63) is 66.8 Å². The highest BCUT2D eigenvalue weighted by Crippen LogP contribution is 2.37. The minimum Gasteiger partial charge on any atom is -0.494 e. The lowest BCUT2D eigenvalue weighted by Crippen LogP contribution is -2.29. The van der Waals surface area contributed by atoms with Crippen molar-refractivity contribution in [3.63, 3.8) is 0 Å². The summed E-state index contributed by atoms with van der Waals surface area (Å²) in [4.78, 5) is 11.8. The minimum atomic E-state index is -4.00. The number of nitrogens with one attached hydrogen (secondary N) is 1. The number of rotatable bonds is 9. The summed E-state index contributed by atoms with van der Waals surface area (Å²) >= 11 is 0. The topological polar surface area (TPSA) is 134 Å². The van der Waals surface area contributed by atoms with Gasteiger partial charge < -0.3 is 9.47 Å². The van der Waals surface area contributed by atoms with Crippen molar-refractivity contribution in [3.8, 4) is 28.6 Å². The second-order valence-corrected chi connectivity index (χ2v) is 9.51. The molecule has 0 saturated heterocycles. The van der Waals surface area contributed by atoms with Gasteiger partial charge in [0, 0.05) is 24.4 Å². The van der Waals surface area contributed by atoms with E-state index in [4.69, 9.17) is 9.47 Å². The van der Waals surface area contributed by atoms with Gasteiger partial charge in [-0.15, -0.1) is 10.2 Å². The molecule has 1 N–H and O–H groups in total. The Morgan fingerprint density at radius 1 is 1.03 bits per heavy atom. The number of benzene rings is 1. The first kappa shape index (κ1) is 24.0. The number of hydrogen-bond acceptors (Lipinski definition) is 9. The Kier molecular flexibility index (Phi) is 6.87. The number of hydrogen-bond donors (Lipinski definition) is 1. The molecule has 1 atom stereocenters. The van der Waals surface area contributed by atoms with Gasteiger partial charge >= 0.3 is 0 Å². The summed E-state index contributed by atoms with van der Waals surface area (Å²) in [5.41, 5.74) is 0.986. The zero-order chi connectivity index (χ0) is 25.0. The first-order valence-corrected chi connectivity index (χ1v) is 11.9. The lowest BCUT2D eigenvalue weighted by molar-refractivity contribution is 0.391. The predicted octanol–water partition coefficient (Wildman–Crippen LogP) is 2.65. The molecular formula is C22H22FN7O4S. The highest BCUT2D eigenvalue weighted by Gasteiger charge is 2.28. The molecule has 4 aromatic rings. The Labute approximate surface area is 201 Å². The van der Waals surface area contributed by atoms with E-state index in [1.807, 2.05) is 0 Å². The van der Waals surface area contributed by atoms with Crippen LogP contribution in [0.5, 0.6) is 11.5 Å². The van der Waals surface area contributed by atoms with Crippen LogP contribution in [0.2, 0.25) is 0 Å². The van der Waals surface area contributed by atoms with Crippen molar-refractivity contribution in [2.24, 2.45) is 0 Å². The number of methoxy groups -OCH3 is 2. The number of aromatic nitrogens is 6. The maximum atomic E-state index is 13.2. The second kappa shape index (κ2) is 10.0. The third-order valence-electron chi connectivity index (χ3n) is 5.12. The Bertz CT molecular complexity index is 1390. The van der Waals surface area contributed by atoms with Gasteiger partial charge in [0.2, 0.25) is 16.0 Å². The Hall–Kier alpha value is -4.13. The van der Waals surface area contributed by atoms with E-state index in [1.165, 1.54) is 25.7 Å². The van der Waals surface area contributed by atoms with Crippen molar-refractivity contribution in [2.75, 3.05) is 18.9 Å². The van der Waals surface area contributed by atoms with Crippen LogP contribution < -0.4 is 14.2 Å². The van der Waals surface area contributed by atoms with Crippen LogP contribution in [0.15, 0.2) is 55.1 Å². The van der Waals surface area contributed by atoms with Crippen molar-refractivity contribution in [1.82, 2.24) is 29.7 Å². The van der Waals surface area contributed by atoms with Crippen LogP contribution in [0.4, 0.5) is 10.3 Å². The molecule has 35 heavy (non-hydrogen) atoms. The maximum absolute atomic E-state index is 13.2. The van der Waals surface area contributed by atoms with Crippen LogP contribution in [0.1, 0.15) is 12.7 Å². The van der Waals surface area contributed by atoms with Gasteiger partial charge in [-0.1, -0.05) is 6.07 Å². The predicted molar refractivity (Wildman–Crippen MR) is 125 cm³/mol. The van der Waals surface area contributed by atoms with Crippen molar-refractivity contribution in [1.29, 1.82) is 0 Å². The first-order chi connectivity index (χ1) is 16.8. The molecule has 1 unspecified atom stereocenters. The summed E-state index contributed by atoms with van der Waals surface area (Å²) in [5, 5.41) is 7.36. The molecule has 13 heteroatoms. The average molecular weight is 500 g/mol. The lowest BCUT2D eigenvalue weighted by atomic mass is 10.2. The SMILES string of the molecule is COc1cccc(OC)c1-n1c(NS(=O)(=O)C(C)Cc2ncc(F)cn2)nnc1-c1cccnc1. The van der Waals surface area contributed by atoms with E-state index in [-0.39, 0.29) is 18.2 Å². The zero-order valence-electron chi connectivity index (χ0n) is 19.1. The highest BCUT2D eigenvalue weighted by molar-refractivity contribution is 7.93. The summed E-state index contributed by atoms with van der Waals surface area (Å²) in [6.07, 6.45) is 5.11. The van der Waals surface area contributed by atoms with Crippen LogP contribution >= 0.6 is 0 Å². The molecule has 1 aromatic carbocycles. The van der Waals surface area contributed by atoms with E-state index in [2.05, 4.69) is 29.9 Å². The summed E-state index contributed by atoms with van der Waals surface area (Å²) in [7, 11) is -1.03. The minimum absolute atomic E-state index is 0.0445. The van der Waals surface area contributed by atoms with E-state index in [1.54, 1.807) is 42.7 Å². The van der Waals surface area contributed by atoms with Gasteiger partial charge in [0.05, 0.1) is 31.9 Å². The largest absolute Gasteiger partial charge is 0.494 e. The van der Waals surface area contributed by atoms with E-state index in [9.17, 15) is 12.8 Å². The van der Waals surface area contributed by atoms with Crippen LogP contribution in [-0.4, -0.2) is 57.6 Å². The van der Waals surface area contributed by atoms with E-state index in [0.29, 0.717) is 28.6 Å². The molecule has 0 amide bonds. The summed E-state index contributed by atoms with van der Waals surface area (Å²) in [6.45, 7) is 1.49. The van der Waals surface area contributed by atoms with E-state index in [0.717, 1.165) is 12.4 Å². The Morgan fingerprint density at radius 2 is 1.71 bits per heavy atom. The molecular weight excluding hydrogens is 477 g/mol. The maximum Gasteiger partial charge on any atom is 0.243 e. The molecule has 0 fully saturated rings. The van der Waals surface area contributed by atoms with E-state index >= 15 is 0 Å². The van der Waals surface area contributed by atoms with Crippen molar-refractivity contribution < 1.29 is 22.3 Å². The molecule has 0 spiro atoms. The third kappa shape index (κ3) is 5.04. The Morgan fingerprint density at radius 3 is 2.31 bits per heavy atom. The van der Waals surface area contributed by atoms with Gasteiger partial charge in [0.15, 0.2) is 11.6 Å². The summed E-state index contributed by atoms with van der Waals surface area (Å²) in [5.74, 6) is 0.619. The molecule has 0 radical (unpaired) electrons. The van der Waals surface area contributed by atoms with Crippen LogP contribution in [0, 0.1) is 5.82 Å². The molecule has 3 heterocycles. The summed E-state index contributed by atoms with van der Waals surface area (Å²) < 4.78 is 54.6. The van der Waals surface area contributed by atoms with Crippen LogP contribution in [0.25, 0.3) is 17.1 Å². The number of sulfonamides is 1. The van der Waals surface area contributed by atoms with Crippen molar-refractivity contribution in [2.45, 2.75) is 18.6 Å². The molecule has 3 aromatic heterocycles. The average Bonchev–Trinajstić information content (AvgIpc) is 3.27. The summed E-state index contributed by atoms with van der Waals surface area (Å²) in [6, 6.07) is 8.64. The monoisotopic (exact) mass is 499 g/mol. The number of para-hydroxylation sites is 1. The normalized spacial score (nSPS) is 12.2.